The average molecular weight is 377 g/mol. The van der Waals surface area contributed by atoms with Crippen LogP contribution < -0.4 is 5.32 Å². The number of carbonyl (C=O) groups is 1. The van der Waals surface area contributed by atoms with Crippen molar-refractivity contribution in [1.29, 1.82) is 0 Å². The number of nitrogens with zero attached hydrogens (tertiary/aromatic N) is 2. The predicted octanol–water partition coefficient (Wildman–Crippen LogP) is 2.92. The zero-order chi connectivity index (χ0) is 19.6. The van der Waals surface area contributed by atoms with Crippen molar-refractivity contribution < 1.29 is 18.7 Å². The Hall–Kier alpha value is -2.25. The molecule has 1 aromatic heterocycles. The molecule has 0 aliphatic carbocycles. The molecule has 3 rings (SSSR count). The molecule has 2 N–H and O–H groups in total. The largest absolute Gasteiger partial charge is 0.387 e. The van der Waals surface area contributed by atoms with Crippen LogP contribution in [0.25, 0.3) is 0 Å². The maximum atomic E-state index is 14.0. The number of β-amino-alcohol motifs (C(OH)–C–C–N with tert-alkyl or cyclic N) is 1. The number of halogens is 2. The molecule has 0 spiro atoms. The van der Waals surface area contributed by atoms with Crippen LogP contribution in [0.15, 0.2) is 30.3 Å². The molecule has 1 aliphatic rings. The molecule has 7 heteroatoms. The van der Waals surface area contributed by atoms with Gasteiger partial charge in [-0.05, 0) is 43.7 Å². The van der Waals surface area contributed by atoms with Gasteiger partial charge in [-0.15, -0.1) is 0 Å². The van der Waals surface area contributed by atoms with Crippen LogP contribution in [0.2, 0.25) is 0 Å². The van der Waals surface area contributed by atoms with Crippen molar-refractivity contribution >= 4 is 5.91 Å². The average Bonchev–Trinajstić information content (AvgIpc) is 3.02. The smallest absolute Gasteiger partial charge is 0.267 e. The summed E-state index contributed by atoms with van der Waals surface area (Å²) in [5, 5.41) is 13.1. The van der Waals surface area contributed by atoms with Crippen molar-refractivity contribution in [1.82, 2.24) is 14.8 Å². The minimum atomic E-state index is -1.26. The molecule has 5 nitrogen and oxygen atoms in total. The van der Waals surface area contributed by atoms with Crippen LogP contribution in [0.1, 0.15) is 53.2 Å². The first-order chi connectivity index (χ1) is 12.9. The molecule has 2 heterocycles. The normalized spacial score (nSPS) is 19.1. The predicted molar refractivity (Wildman–Crippen MR) is 98.3 cm³/mol. The van der Waals surface area contributed by atoms with E-state index in [1.54, 1.807) is 13.1 Å². The van der Waals surface area contributed by atoms with E-state index >= 15 is 0 Å². The van der Waals surface area contributed by atoms with E-state index in [1.165, 1.54) is 6.07 Å². The Morgan fingerprint density at radius 2 is 1.96 bits per heavy atom. The molecule has 0 radical (unpaired) electrons. The van der Waals surface area contributed by atoms with Gasteiger partial charge in [-0.1, -0.05) is 12.5 Å². The molecule has 1 fully saturated rings. The molecule has 1 aliphatic heterocycles. The van der Waals surface area contributed by atoms with Crippen LogP contribution in [-0.4, -0.2) is 40.6 Å². The molecule has 1 saturated heterocycles. The quantitative estimate of drug-likeness (QED) is 0.842. The van der Waals surface area contributed by atoms with Crippen molar-refractivity contribution in [2.24, 2.45) is 7.05 Å². The summed E-state index contributed by atoms with van der Waals surface area (Å²) in [6.45, 7) is 0.849. The lowest BCUT2D eigenvalue weighted by Crippen LogP contribution is -2.38. The van der Waals surface area contributed by atoms with E-state index in [1.807, 2.05) is 22.6 Å². The van der Waals surface area contributed by atoms with Crippen LogP contribution in [0.4, 0.5) is 8.78 Å². The second-order valence-corrected chi connectivity index (χ2v) is 6.94. The molecule has 146 valence electrons. The molecular weight excluding hydrogens is 352 g/mol. The fraction of sp³-hybridized carbons (Fsp3) is 0.450. The third-order valence-electron chi connectivity index (χ3n) is 5.32. The second kappa shape index (κ2) is 8.19. The van der Waals surface area contributed by atoms with Gasteiger partial charge in [0, 0.05) is 26.3 Å². The van der Waals surface area contributed by atoms with Crippen molar-refractivity contribution in [3.05, 3.63) is 58.9 Å². The summed E-state index contributed by atoms with van der Waals surface area (Å²) in [6, 6.07) is 7.25. The van der Waals surface area contributed by atoms with Gasteiger partial charge in [0.05, 0.1) is 17.7 Å². The van der Waals surface area contributed by atoms with E-state index in [0.717, 1.165) is 43.6 Å². The van der Waals surface area contributed by atoms with Crippen molar-refractivity contribution in [3.63, 3.8) is 0 Å². The van der Waals surface area contributed by atoms with Crippen LogP contribution in [0, 0.1) is 11.6 Å². The summed E-state index contributed by atoms with van der Waals surface area (Å²) >= 11 is 0. The molecule has 27 heavy (non-hydrogen) atoms. The maximum absolute atomic E-state index is 14.0. The molecule has 0 unspecified atom stereocenters. The van der Waals surface area contributed by atoms with E-state index < -0.39 is 17.7 Å². The van der Waals surface area contributed by atoms with E-state index in [2.05, 4.69) is 5.32 Å². The SMILES string of the molecule is CNC(=O)c1ccc([C@@H]2CCCCN2C[C@H](O)c2c(F)cccc2F)n1C. The first kappa shape index (κ1) is 19.5. The molecule has 1 amide bonds. The lowest BCUT2D eigenvalue weighted by Gasteiger charge is -2.37. The monoisotopic (exact) mass is 377 g/mol. The highest BCUT2D eigenvalue weighted by molar-refractivity contribution is 5.92. The van der Waals surface area contributed by atoms with Gasteiger partial charge in [-0.3, -0.25) is 9.69 Å². The van der Waals surface area contributed by atoms with Gasteiger partial charge in [0.25, 0.3) is 5.91 Å². The standard InChI is InChI=1S/C20H25F2N3O2/c1-23-20(27)17-10-9-15(24(17)2)16-8-3-4-11-25(16)12-18(26)19-13(21)6-5-7-14(19)22/h5-7,9-10,16,18,26H,3-4,8,11-12H2,1-2H3,(H,23,27)/t16-,18-/m0/s1. The Balaban J connectivity index is 1.84. The topological polar surface area (TPSA) is 57.5 Å². The summed E-state index contributed by atoms with van der Waals surface area (Å²) in [5.74, 6) is -1.65. The number of nitrogens with one attached hydrogen (secondary N) is 1. The number of carbonyl (C=O) groups excluding carboxylic acids is 1. The number of hydrogen-bond acceptors (Lipinski definition) is 3. The number of aliphatic hydroxyl groups excluding tert-OH is 1. The lowest BCUT2D eigenvalue weighted by molar-refractivity contribution is 0.0604. The van der Waals surface area contributed by atoms with Crippen molar-refractivity contribution in [3.8, 4) is 0 Å². The van der Waals surface area contributed by atoms with Gasteiger partial charge in [0.1, 0.15) is 17.3 Å². The van der Waals surface area contributed by atoms with E-state index in [0.29, 0.717) is 5.69 Å². The third kappa shape index (κ3) is 3.89. The third-order valence-corrected chi connectivity index (χ3v) is 5.32. The van der Waals surface area contributed by atoms with E-state index in [9.17, 15) is 18.7 Å². The minimum Gasteiger partial charge on any atom is -0.387 e. The Labute approximate surface area is 157 Å². The van der Waals surface area contributed by atoms with Crippen LogP contribution in [0.5, 0.6) is 0 Å². The molecule has 2 aromatic rings. The van der Waals surface area contributed by atoms with Gasteiger partial charge < -0.3 is 15.0 Å². The Morgan fingerprint density at radius 1 is 1.26 bits per heavy atom. The molecule has 0 bridgehead atoms. The first-order valence-corrected chi connectivity index (χ1v) is 9.17. The van der Waals surface area contributed by atoms with E-state index in [4.69, 9.17) is 0 Å². The number of hydrogen-bond donors (Lipinski definition) is 2. The highest BCUT2D eigenvalue weighted by atomic mass is 19.1. The molecule has 1 aromatic carbocycles. The number of aromatic nitrogens is 1. The number of rotatable bonds is 5. The summed E-state index contributed by atoms with van der Waals surface area (Å²) < 4.78 is 29.9. The number of piperidine rings is 1. The maximum Gasteiger partial charge on any atom is 0.267 e. The summed E-state index contributed by atoms with van der Waals surface area (Å²) in [5.41, 5.74) is 1.22. The minimum absolute atomic E-state index is 0.0216. The zero-order valence-corrected chi connectivity index (χ0v) is 15.6. The van der Waals surface area contributed by atoms with Gasteiger partial charge in [-0.2, -0.15) is 0 Å². The zero-order valence-electron chi connectivity index (χ0n) is 15.6. The van der Waals surface area contributed by atoms with Gasteiger partial charge in [0.15, 0.2) is 0 Å². The molecule has 0 saturated carbocycles. The first-order valence-electron chi connectivity index (χ1n) is 9.17. The summed E-state index contributed by atoms with van der Waals surface area (Å²) in [7, 11) is 3.42. The van der Waals surface area contributed by atoms with Gasteiger partial charge in [-0.25, -0.2) is 8.78 Å². The van der Waals surface area contributed by atoms with E-state index in [-0.39, 0.29) is 24.1 Å². The summed E-state index contributed by atoms with van der Waals surface area (Å²) in [6.07, 6.45) is 1.57. The molecule has 2 atom stereocenters. The number of amides is 1. The fourth-order valence-corrected chi connectivity index (χ4v) is 3.90. The Kier molecular flexibility index (Phi) is 5.92. The molecular formula is C20H25F2N3O2. The highest BCUT2D eigenvalue weighted by Gasteiger charge is 2.30. The van der Waals surface area contributed by atoms with Gasteiger partial charge >= 0.3 is 0 Å². The van der Waals surface area contributed by atoms with Crippen LogP contribution >= 0.6 is 0 Å². The second-order valence-electron chi connectivity index (χ2n) is 6.94. The van der Waals surface area contributed by atoms with Crippen molar-refractivity contribution in [2.75, 3.05) is 20.1 Å². The highest BCUT2D eigenvalue weighted by Crippen LogP contribution is 2.34. The van der Waals surface area contributed by atoms with Crippen molar-refractivity contribution in [2.45, 2.75) is 31.4 Å². The lowest BCUT2D eigenvalue weighted by atomic mass is 9.97. The fourth-order valence-electron chi connectivity index (χ4n) is 3.90. The Bertz CT molecular complexity index is 801. The van der Waals surface area contributed by atoms with Gasteiger partial charge in [0.2, 0.25) is 0 Å². The number of likely N-dealkylation sites (tertiary alicyclic amines) is 1. The number of benzene rings is 1. The summed E-state index contributed by atoms with van der Waals surface area (Å²) in [4.78, 5) is 14.0. The Morgan fingerprint density at radius 3 is 2.63 bits per heavy atom. The van der Waals surface area contributed by atoms with Crippen LogP contribution in [-0.2, 0) is 7.05 Å². The number of aliphatic hydroxyl groups is 1. The van der Waals surface area contributed by atoms with Crippen LogP contribution in [0.3, 0.4) is 0 Å².